The second kappa shape index (κ2) is 6.61. The van der Waals surface area contributed by atoms with Crippen LogP contribution in [0.5, 0.6) is 0 Å². The minimum absolute atomic E-state index is 0.0356. The number of anilines is 1. The zero-order valence-corrected chi connectivity index (χ0v) is 15.0. The summed E-state index contributed by atoms with van der Waals surface area (Å²) in [6, 6.07) is 0.652. The summed E-state index contributed by atoms with van der Waals surface area (Å²) in [5, 5.41) is 7.05. The standard InChI is InChI=1S/C17H28N4O3/c1-11(18-16(22)23-17(2,3)4)13-6-5-9-21(10-13)15-19-14(20-24-15)12-7-8-12/h11-13H,5-10H2,1-4H3,(H,18,22). The SMILES string of the molecule is CC(NC(=O)OC(C)(C)C)C1CCCN(c2nc(C3CC3)no2)C1. The molecule has 2 unspecified atom stereocenters. The molecule has 7 heteroatoms. The van der Waals surface area contributed by atoms with Crippen LogP contribution in [-0.4, -0.2) is 41.0 Å². The Bertz CT molecular complexity index is 577. The van der Waals surface area contributed by atoms with Crippen LogP contribution in [0, 0.1) is 5.92 Å². The van der Waals surface area contributed by atoms with E-state index in [2.05, 4.69) is 20.4 Å². The first kappa shape index (κ1) is 17.0. The van der Waals surface area contributed by atoms with Gasteiger partial charge >= 0.3 is 12.1 Å². The number of nitrogens with zero attached hydrogens (tertiary/aromatic N) is 3. The first-order chi connectivity index (χ1) is 11.3. The van der Waals surface area contributed by atoms with Crippen molar-refractivity contribution in [2.45, 2.75) is 70.9 Å². The van der Waals surface area contributed by atoms with Crippen molar-refractivity contribution in [3.63, 3.8) is 0 Å². The maximum absolute atomic E-state index is 12.0. The van der Waals surface area contributed by atoms with Crippen LogP contribution in [0.4, 0.5) is 10.8 Å². The molecule has 2 aliphatic rings. The summed E-state index contributed by atoms with van der Waals surface area (Å²) in [6.45, 7) is 9.36. The molecule has 3 rings (SSSR count). The minimum Gasteiger partial charge on any atom is -0.444 e. The third-order valence-corrected chi connectivity index (χ3v) is 4.55. The van der Waals surface area contributed by atoms with Gasteiger partial charge in [0.15, 0.2) is 5.82 Å². The minimum atomic E-state index is -0.481. The van der Waals surface area contributed by atoms with Gasteiger partial charge in [0, 0.05) is 25.0 Å². The largest absolute Gasteiger partial charge is 0.444 e. The first-order valence-corrected chi connectivity index (χ1v) is 8.90. The third-order valence-electron chi connectivity index (χ3n) is 4.55. The smallest absolute Gasteiger partial charge is 0.407 e. The molecule has 1 saturated heterocycles. The molecule has 7 nitrogen and oxygen atoms in total. The molecule has 2 heterocycles. The van der Waals surface area contributed by atoms with E-state index in [-0.39, 0.29) is 12.1 Å². The molecule has 1 saturated carbocycles. The average Bonchev–Trinajstić information content (AvgIpc) is 3.23. The molecule has 0 bridgehead atoms. The van der Waals surface area contributed by atoms with Crippen molar-refractivity contribution in [2.24, 2.45) is 5.92 Å². The number of piperidine rings is 1. The molecule has 0 spiro atoms. The van der Waals surface area contributed by atoms with Crippen LogP contribution in [-0.2, 0) is 4.74 Å². The molecule has 1 aliphatic carbocycles. The monoisotopic (exact) mass is 336 g/mol. The molecular formula is C17H28N4O3. The second-order valence-corrected chi connectivity index (χ2v) is 7.99. The van der Waals surface area contributed by atoms with E-state index in [4.69, 9.17) is 9.26 Å². The Labute approximate surface area is 143 Å². The van der Waals surface area contributed by atoms with Crippen LogP contribution in [0.25, 0.3) is 0 Å². The molecule has 24 heavy (non-hydrogen) atoms. The summed E-state index contributed by atoms with van der Waals surface area (Å²) in [5.74, 6) is 1.67. The normalized spacial score (nSPS) is 23.0. The van der Waals surface area contributed by atoms with Gasteiger partial charge in [0.25, 0.3) is 0 Å². The highest BCUT2D eigenvalue weighted by molar-refractivity contribution is 5.68. The fraction of sp³-hybridized carbons (Fsp3) is 0.824. The van der Waals surface area contributed by atoms with Crippen LogP contribution < -0.4 is 10.2 Å². The molecule has 1 aliphatic heterocycles. The van der Waals surface area contributed by atoms with E-state index >= 15 is 0 Å². The topological polar surface area (TPSA) is 80.5 Å². The van der Waals surface area contributed by atoms with Crippen LogP contribution in [0.15, 0.2) is 4.52 Å². The molecule has 1 aromatic rings. The fourth-order valence-corrected chi connectivity index (χ4v) is 3.07. The lowest BCUT2D eigenvalue weighted by atomic mass is 9.92. The van der Waals surface area contributed by atoms with Gasteiger partial charge in [-0.3, -0.25) is 0 Å². The lowest BCUT2D eigenvalue weighted by Crippen LogP contribution is -2.47. The maximum atomic E-state index is 12.0. The Morgan fingerprint density at radius 2 is 2.12 bits per heavy atom. The number of ether oxygens (including phenoxy) is 1. The zero-order valence-electron chi connectivity index (χ0n) is 15.0. The van der Waals surface area contributed by atoms with E-state index in [1.807, 2.05) is 27.7 Å². The number of aromatic nitrogens is 2. The highest BCUT2D eigenvalue weighted by atomic mass is 16.6. The number of carbonyl (C=O) groups is 1. The Hall–Kier alpha value is -1.79. The van der Waals surface area contributed by atoms with Crippen LogP contribution >= 0.6 is 0 Å². The van der Waals surface area contributed by atoms with Gasteiger partial charge in [-0.2, -0.15) is 4.98 Å². The van der Waals surface area contributed by atoms with Gasteiger partial charge in [-0.1, -0.05) is 5.16 Å². The number of alkyl carbamates (subject to hydrolysis) is 1. The fourth-order valence-electron chi connectivity index (χ4n) is 3.07. The summed E-state index contributed by atoms with van der Waals surface area (Å²) in [4.78, 5) is 18.6. The Morgan fingerprint density at radius 1 is 1.38 bits per heavy atom. The summed E-state index contributed by atoms with van der Waals surface area (Å²) >= 11 is 0. The number of hydrogen-bond acceptors (Lipinski definition) is 6. The van der Waals surface area contributed by atoms with Gasteiger partial charge < -0.3 is 19.5 Å². The lowest BCUT2D eigenvalue weighted by molar-refractivity contribution is 0.0488. The quantitative estimate of drug-likeness (QED) is 0.910. The summed E-state index contributed by atoms with van der Waals surface area (Å²) in [6.07, 6.45) is 4.08. The molecule has 0 radical (unpaired) electrons. The summed E-state index contributed by atoms with van der Waals surface area (Å²) in [5.41, 5.74) is -0.481. The first-order valence-electron chi connectivity index (χ1n) is 8.90. The summed E-state index contributed by atoms with van der Waals surface area (Å²) < 4.78 is 10.8. The van der Waals surface area contributed by atoms with Crippen LogP contribution in [0.2, 0.25) is 0 Å². The number of nitrogens with one attached hydrogen (secondary N) is 1. The molecule has 2 fully saturated rings. The molecule has 2 atom stereocenters. The zero-order chi connectivity index (χ0) is 17.3. The predicted molar refractivity (Wildman–Crippen MR) is 90.0 cm³/mol. The van der Waals surface area contributed by atoms with E-state index in [0.717, 1.165) is 31.8 Å². The van der Waals surface area contributed by atoms with E-state index in [0.29, 0.717) is 17.9 Å². The summed E-state index contributed by atoms with van der Waals surface area (Å²) in [7, 11) is 0. The van der Waals surface area contributed by atoms with Gasteiger partial charge in [0.05, 0.1) is 0 Å². The number of carbonyl (C=O) groups excluding carboxylic acids is 1. The van der Waals surface area contributed by atoms with Gasteiger partial charge in [0.1, 0.15) is 5.60 Å². The van der Waals surface area contributed by atoms with Crippen molar-refractivity contribution in [3.05, 3.63) is 5.82 Å². The molecule has 1 N–H and O–H groups in total. The number of hydrogen-bond donors (Lipinski definition) is 1. The van der Waals surface area contributed by atoms with E-state index in [1.165, 1.54) is 12.8 Å². The second-order valence-electron chi connectivity index (χ2n) is 7.99. The van der Waals surface area contributed by atoms with E-state index < -0.39 is 5.60 Å². The van der Waals surface area contributed by atoms with Gasteiger partial charge in [-0.05, 0) is 59.3 Å². The Morgan fingerprint density at radius 3 is 2.79 bits per heavy atom. The van der Waals surface area contributed by atoms with Gasteiger partial charge in [-0.25, -0.2) is 4.79 Å². The number of rotatable bonds is 4. The predicted octanol–water partition coefficient (Wildman–Crippen LogP) is 3.08. The Balaban J connectivity index is 1.55. The van der Waals surface area contributed by atoms with E-state index in [1.54, 1.807) is 0 Å². The Kier molecular flexibility index (Phi) is 4.69. The lowest BCUT2D eigenvalue weighted by Gasteiger charge is -2.35. The van der Waals surface area contributed by atoms with Crippen LogP contribution in [0.3, 0.4) is 0 Å². The van der Waals surface area contributed by atoms with Gasteiger partial charge in [0.2, 0.25) is 0 Å². The number of amides is 1. The third kappa shape index (κ3) is 4.39. The molecule has 134 valence electrons. The van der Waals surface area contributed by atoms with Crippen molar-refractivity contribution < 1.29 is 14.1 Å². The molecule has 1 aromatic heterocycles. The highest BCUT2D eigenvalue weighted by Crippen LogP contribution is 2.39. The molecular weight excluding hydrogens is 308 g/mol. The maximum Gasteiger partial charge on any atom is 0.407 e. The van der Waals surface area contributed by atoms with E-state index in [9.17, 15) is 4.79 Å². The van der Waals surface area contributed by atoms with Crippen molar-refractivity contribution in [1.82, 2.24) is 15.5 Å². The van der Waals surface area contributed by atoms with Crippen molar-refractivity contribution in [1.29, 1.82) is 0 Å². The average molecular weight is 336 g/mol. The van der Waals surface area contributed by atoms with Crippen molar-refractivity contribution in [2.75, 3.05) is 18.0 Å². The van der Waals surface area contributed by atoms with Crippen LogP contribution in [0.1, 0.15) is 65.1 Å². The van der Waals surface area contributed by atoms with Gasteiger partial charge in [-0.15, -0.1) is 0 Å². The molecule has 1 amide bonds. The van der Waals surface area contributed by atoms with Crippen molar-refractivity contribution in [3.8, 4) is 0 Å². The molecule has 0 aromatic carbocycles. The van der Waals surface area contributed by atoms with Crippen molar-refractivity contribution >= 4 is 12.1 Å². The highest BCUT2D eigenvalue weighted by Gasteiger charge is 2.32.